The Hall–Kier alpha value is -2.32. The highest BCUT2D eigenvalue weighted by molar-refractivity contribution is 5.88. The first-order valence-corrected chi connectivity index (χ1v) is 6.63. The lowest BCUT2D eigenvalue weighted by Crippen LogP contribution is -2.52. The van der Waals surface area contributed by atoms with Crippen molar-refractivity contribution < 1.29 is 24.3 Å². The fourth-order valence-electron chi connectivity index (χ4n) is 1.41. The Balaban J connectivity index is 4.33. The molecule has 9 heteroatoms. The van der Waals surface area contributed by atoms with Crippen LogP contribution in [0.15, 0.2) is 0 Å². The Bertz CT molecular complexity index is 399. The zero-order valence-electron chi connectivity index (χ0n) is 12.1. The molecule has 0 aromatic rings. The molecule has 0 aliphatic rings. The van der Waals surface area contributed by atoms with Gasteiger partial charge in [0.25, 0.3) is 0 Å². The number of nitrogens with one attached hydrogen (secondary N) is 3. The third kappa shape index (κ3) is 8.45. The van der Waals surface area contributed by atoms with Gasteiger partial charge < -0.3 is 26.8 Å². The highest BCUT2D eigenvalue weighted by atomic mass is 16.4. The van der Waals surface area contributed by atoms with E-state index in [2.05, 4.69) is 16.0 Å². The van der Waals surface area contributed by atoms with E-state index in [4.69, 9.17) is 10.8 Å². The molecular formula is C12H22N4O5. The predicted molar refractivity (Wildman–Crippen MR) is 74.3 cm³/mol. The van der Waals surface area contributed by atoms with Gasteiger partial charge in [0.2, 0.25) is 11.8 Å². The molecular weight excluding hydrogens is 280 g/mol. The van der Waals surface area contributed by atoms with Crippen LogP contribution in [0.25, 0.3) is 0 Å². The van der Waals surface area contributed by atoms with Crippen LogP contribution in [0.1, 0.15) is 33.1 Å². The van der Waals surface area contributed by atoms with Gasteiger partial charge in [-0.25, -0.2) is 9.59 Å². The number of carbonyl (C=O) groups excluding carboxylic acids is 3. The fraction of sp³-hybridized carbons (Fsp3) is 0.667. The van der Waals surface area contributed by atoms with Gasteiger partial charge in [0.1, 0.15) is 12.1 Å². The van der Waals surface area contributed by atoms with Gasteiger partial charge in [0.15, 0.2) is 0 Å². The standard InChI is InChI=1S/C12H22N4O5/c1-3-6-14-10(18)7(2)15-12(21)16-8(11(19)20)4-5-9(13)17/h7-8H,3-6H2,1-2H3,(H2,13,17)(H,14,18)(H,19,20)(H2,15,16,21)/t7?,8-/m0/s1. The van der Waals surface area contributed by atoms with E-state index in [-0.39, 0.29) is 18.7 Å². The molecule has 6 N–H and O–H groups in total. The third-order valence-corrected chi connectivity index (χ3v) is 2.57. The number of carbonyl (C=O) groups is 4. The van der Waals surface area contributed by atoms with E-state index >= 15 is 0 Å². The van der Waals surface area contributed by atoms with E-state index in [1.165, 1.54) is 6.92 Å². The molecule has 0 saturated heterocycles. The number of rotatable bonds is 9. The summed E-state index contributed by atoms with van der Waals surface area (Å²) in [6, 6.07) is -2.85. The third-order valence-electron chi connectivity index (χ3n) is 2.57. The van der Waals surface area contributed by atoms with Gasteiger partial charge in [0.05, 0.1) is 0 Å². The second-order valence-corrected chi connectivity index (χ2v) is 4.53. The minimum Gasteiger partial charge on any atom is -0.480 e. The number of urea groups is 1. The SMILES string of the molecule is CCCNC(=O)C(C)NC(=O)N[C@@H](CCC(N)=O)C(=O)O. The highest BCUT2D eigenvalue weighted by Crippen LogP contribution is 1.97. The van der Waals surface area contributed by atoms with Crippen LogP contribution in [0.5, 0.6) is 0 Å². The molecule has 9 nitrogen and oxygen atoms in total. The van der Waals surface area contributed by atoms with E-state index in [1.807, 2.05) is 6.92 Å². The normalized spacial score (nSPS) is 12.9. The van der Waals surface area contributed by atoms with Crippen LogP contribution in [0.3, 0.4) is 0 Å². The minimum atomic E-state index is -1.28. The largest absolute Gasteiger partial charge is 0.480 e. The summed E-state index contributed by atoms with van der Waals surface area (Å²) >= 11 is 0. The van der Waals surface area contributed by atoms with E-state index < -0.39 is 30.0 Å². The van der Waals surface area contributed by atoms with E-state index in [9.17, 15) is 19.2 Å². The number of nitrogens with two attached hydrogens (primary N) is 1. The number of primary amides is 1. The van der Waals surface area contributed by atoms with Crippen LogP contribution < -0.4 is 21.7 Å². The van der Waals surface area contributed by atoms with E-state index in [0.717, 1.165) is 6.42 Å². The first-order valence-electron chi connectivity index (χ1n) is 6.63. The van der Waals surface area contributed by atoms with Gasteiger partial charge in [0, 0.05) is 13.0 Å². The summed E-state index contributed by atoms with van der Waals surface area (Å²) in [5.41, 5.74) is 4.93. The van der Waals surface area contributed by atoms with Crippen LogP contribution in [-0.2, 0) is 14.4 Å². The van der Waals surface area contributed by atoms with Crippen LogP contribution in [0.2, 0.25) is 0 Å². The van der Waals surface area contributed by atoms with Crippen molar-refractivity contribution in [1.82, 2.24) is 16.0 Å². The summed E-state index contributed by atoms with van der Waals surface area (Å²) in [7, 11) is 0. The number of amides is 4. The number of aliphatic carboxylic acids is 1. The molecule has 0 aliphatic heterocycles. The molecule has 0 radical (unpaired) electrons. The number of carboxylic acids is 1. The maximum Gasteiger partial charge on any atom is 0.326 e. The van der Waals surface area contributed by atoms with Crippen molar-refractivity contribution in [1.29, 1.82) is 0 Å². The number of carboxylic acid groups (broad SMARTS) is 1. The molecule has 0 rings (SSSR count). The van der Waals surface area contributed by atoms with E-state index in [1.54, 1.807) is 0 Å². The van der Waals surface area contributed by atoms with Crippen LogP contribution >= 0.6 is 0 Å². The zero-order chi connectivity index (χ0) is 16.4. The van der Waals surface area contributed by atoms with Crippen molar-refractivity contribution in [2.24, 2.45) is 5.73 Å². The smallest absolute Gasteiger partial charge is 0.326 e. The second kappa shape index (κ2) is 9.56. The van der Waals surface area contributed by atoms with Crippen molar-refractivity contribution in [3.8, 4) is 0 Å². The van der Waals surface area contributed by atoms with Crippen LogP contribution in [-0.4, -0.2) is 47.5 Å². The van der Waals surface area contributed by atoms with Gasteiger partial charge in [-0.3, -0.25) is 9.59 Å². The molecule has 0 fully saturated rings. The first-order chi connectivity index (χ1) is 9.77. The van der Waals surface area contributed by atoms with Gasteiger partial charge in [-0.2, -0.15) is 0 Å². The summed E-state index contributed by atoms with van der Waals surface area (Å²) in [6.45, 7) is 3.86. The monoisotopic (exact) mass is 302 g/mol. The molecule has 4 amide bonds. The van der Waals surface area contributed by atoms with Gasteiger partial charge in [-0.05, 0) is 19.8 Å². The molecule has 21 heavy (non-hydrogen) atoms. The van der Waals surface area contributed by atoms with Crippen molar-refractivity contribution in [2.75, 3.05) is 6.54 Å². The van der Waals surface area contributed by atoms with Gasteiger partial charge >= 0.3 is 12.0 Å². The lowest BCUT2D eigenvalue weighted by atomic mass is 10.1. The first kappa shape index (κ1) is 18.7. The summed E-state index contributed by atoms with van der Waals surface area (Å²) in [4.78, 5) is 44.7. The Labute approximate surface area is 122 Å². The van der Waals surface area contributed by atoms with Gasteiger partial charge in [-0.1, -0.05) is 6.92 Å². The van der Waals surface area contributed by atoms with Crippen molar-refractivity contribution in [3.05, 3.63) is 0 Å². The maximum atomic E-state index is 11.6. The second-order valence-electron chi connectivity index (χ2n) is 4.53. The summed E-state index contributed by atoms with van der Waals surface area (Å²) in [5.74, 6) is -2.30. The van der Waals surface area contributed by atoms with Gasteiger partial charge in [-0.15, -0.1) is 0 Å². The van der Waals surface area contributed by atoms with Crippen molar-refractivity contribution >= 4 is 23.8 Å². The number of hydrogen-bond acceptors (Lipinski definition) is 4. The predicted octanol–water partition coefficient (Wildman–Crippen LogP) is -1.08. The Morgan fingerprint density at radius 1 is 1.19 bits per heavy atom. The van der Waals surface area contributed by atoms with Crippen molar-refractivity contribution in [3.63, 3.8) is 0 Å². The molecule has 0 saturated carbocycles. The van der Waals surface area contributed by atoms with E-state index in [0.29, 0.717) is 6.54 Å². The average molecular weight is 302 g/mol. The molecule has 0 bridgehead atoms. The molecule has 0 aromatic carbocycles. The topological polar surface area (TPSA) is 151 Å². The molecule has 0 spiro atoms. The summed E-state index contributed by atoms with van der Waals surface area (Å²) < 4.78 is 0. The zero-order valence-corrected chi connectivity index (χ0v) is 12.1. The highest BCUT2D eigenvalue weighted by Gasteiger charge is 2.22. The molecule has 0 aromatic heterocycles. The summed E-state index contributed by atoms with van der Waals surface area (Å²) in [6.07, 6.45) is 0.483. The Morgan fingerprint density at radius 2 is 1.81 bits per heavy atom. The molecule has 2 atom stereocenters. The van der Waals surface area contributed by atoms with Crippen LogP contribution in [0, 0.1) is 0 Å². The average Bonchev–Trinajstić information content (AvgIpc) is 2.39. The number of hydrogen-bond donors (Lipinski definition) is 5. The van der Waals surface area contributed by atoms with Crippen LogP contribution in [0.4, 0.5) is 4.79 Å². The summed E-state index contributed by atoms with van der Waals surface area (Å²) in [5, 5.41) is 16.0. The lowest BCUT2D eigenvalue weighted by Gasteiger charge is -2.17. The minimum absolute atomic E-state index is 0.117. The Kier molecular flexibility index (Phi) is 8.51. The molecule has 0 aliphatic carbocycles. The molecule has 0 heterocycles. The fourth-order valence-corrected chi connectivity index (χ4v) is 1.41. The Morgan fingerprint density at radius 3 is 2.29 bits per heavy atom. The molecule has 1 unspecified atom stereocenters. The van der Waals surface area contributed by atoms with Crippen molar-refractivity contribution in [2.45, 2.75) is 45.2 Å². The molecule has 120 valence electrons. The maximum absolute atomic E-state index is 11.6. The quantitative estimate of drug-likeness (QED) is 0.367. The lowest BCUT2D eigenvalue weighted by molar-refractivity contribution is -0.139.